The van der Waals surface area contributed by atoms with Crippen LogP contribution in [-0.4, -0.2) is 43.2 Å². The molecule has 1 heterocycles. The Morgan fingerprint density at radius 3 is 2.54 bits per heavy atom. The van der Waals surface area contributed by atoms with Crippen molar-refractivity contribution in [2.24, 2.45) is 5.10 Å². The number of anilines is 2. The van der Waals surface area contributed by atoms with Gasteiger partial charge < -0.3 is 10.2 Å². The fourth-order valence-corrected chi connectivity index (χ4v) is 3.10. The van der Waals surface area contributed by atoms with Crippen molar-refractivity contribution in [3.05, 3.63) is 59.7 Å². The van der Waals surface area contributed by atoms with Gasteiger partial charge in [0.15, 0.2) is 0 Å². The number of hydrogen-bond acceptors (Lipinski definition) is 4. The highest BCUT2D eigenvalue weighted by molar-refractivity contribution is 6.02. The van der Waals surface area contributed by atoms with Crippen molar-refractivity contribution in [3.63, 3.8) is 0 Å². The van der Waals surface area contributed by atoms with Gasteiger partial charge in [-0.2, -0.15) is 5.10 Å². The fraction of sp³-hybridized carbons (Fsp3) is 0.318. The molecule has 2 amide bonds. The monoisotopic (exact) mass is 378 g/mol. The molecule has 0 fully saturated rings. The fourth-order valence-electron chi connectivity index (χ4n) is 3.10. The van der Waals surface area contributed by atoms with Crippen LogP contribution >= 0.6 is 0 Å². The summed E-state index contributed by atoms with van der Waals surface area (Å²) in [4.78, 5) is 26.7. The second kappa shape index (κ2) is 8.69. The number of hydrazone groups is 1. The predicted molar refractivity (Wildman–Crippen MR) is 113 cm³/mol. The van der Waals surface area contributed by atoms with E-state index in [-0.39, 0.29) is 24.7 Å². The summed E-state index contributed by atoms with van der Waals surface area (Å²) < 4.78 is 0. The molecular weight excluding hydrogens is 352 g/mol. The lowest BCUT2D eigenvalue weighted by atomic mass is 10.1. The highest BCUT2D eigenvalue weighted by atomic mass is 16.2. The third kappa shape index (κ3) is 4.76. The minimum atomic E-state index is -0.166. The lowest BCUT2D eigenvalue weighted by Gasteiger charge is -2.16. The number of carbonyl (C=O) groups excluding carboxylic acids is 2. The van der Waals surface area contributed by atoms with E-state index < -0.39 is 0 Å². The molecule has 3 rings (SSSR count). The summed E-state index contributed by atoms with van der Waals surface area (Å²) in [5, 5.41) is 8.80. The van der Waals surface area contributed by atoms with Crippen molar-refractivity contribution in [2.45, 2.75) is 26.2 Å². The van der Waals surface area contributed by atoms with Gasteiger partial charge in [-0.25, -0.2) is 5.01 Å². The molecule has 0 aromatic heterocycles. The summed E-state index contributed by atoms with van der Waals surface area (Å²) in [6, 6.07) is 15.7. The summed E-state index contributed by atoms with van der Waals surface area (Å²) in [7, 11) is 3.95. The van der Waals surface area contributed by atoms with Gasteiger partial charge >= 0.3 is 0 Å². The number of benzene rings is 2. The molecule has 0 radical (unpaired) electrons. The van der Waals surface area contributed by atoms with Crippen molar-refractivity contribution >= 4 is 28.9 Å². The molecule has 2 aromatic rings. The van der Waals surface area contributed by atoms with Crippen LogP contribution in [0.15, 0.2) is 53.6 Å². The molecule has 0 unspecified atom stereocenters. The molecule has 6 nitrogen and oxygen atoms in total. The molecule has 2 aromatic carbocycles. The SMILES string of the molecule is Cc1cc(N(C)C)ccc1NC(=O)CCC(=O)N1CCC(c2ccccc2)=N1. The zero-order chi connectivity index (χ0) is 20.1. The van der Waals surface area contributed by atoms with Crippen LogP contribution < -0.4 is 10.2 Å². The molecule has 28 heavy (non-hydrogen) atoms. The lowest BCUT2D eigenvalue weighted by Crippen LogP contribution is -2.25. The van der Waals surface area contributed by atoms with Gasteiger partial charge in [0.2, 0.25) is 11.8 Å². The molecule has 0 atom stereocenters. The van der Waals surface area contributed by atoms with E-state index in [9.17, 15) is 9.59 Å². The summed E-state index contributed by atoms with van der Waals surface area (Å²) >= 11 is 0. The Morgan fingerprint density at radius 2 is 1.86 bits per heavy atom. The van der Waals surface area contributed by atoms with E-state index in [0.29, 0.717) is 6.54 Å². The standard InChI is InChI=1S/C22H26N4O2/c1-16-15-18(25(2)3)9-10-19(16)23-21(27)11-12-22(28)26-14-13-20(24-26)17-7-5-4-6-8-17/h4-10,15H,11-14H2,1-3H3,(H,23,27). The van der Waals surface area contributed by atoms with Gasteiger partial charge in [0.25, 0.3) is 0 Å². The molecule has 0 spiro atoms. The van der Waals surface area contributed by atoms with Crippen LogP contribution in [-0.2, 0) is 9.59 Å². The molecular formula is C22H26N4O2. The number of aryl methyl sites for hydroxylation is 1. The summed E-state index contributed by atoms with van der Waals surface area (Å²) in [5.74, 6) is -0.290. The highest BCUT2D eigenvalue weighted by Gasteiger charge is 2.22. The number of rotatable bonds is 6. The van der Waals surface area contributed by atoms with Crippen molar-refractivity contribution in [3.8, 4) is 0 Å². The van der Waals surface area contributed by atoms with Crippen LogP contribution in [0.25, 0.3) is 0 Å². The minimum absolute atomic E-state index is 0.124. The lowest BCUT2D eigenvalue weighted by molar-refractivity contribution is -0.132. The van der Waals surface area contributed by atoms with Gasteiger partial charge in [0.05, 0.1) is 12.3 Å². The third-order valence-electron chi connectivity index (χ3n) is 4.76. The Balaban J connectivity index is 1.52. The molecule has 0 bridgehead atoms. The number of hydrogen-bond donors (Lipinski definition) is 1. The highest BCUT2D eigenvalue weighted by Crippen LogP contribution is 2.22. The van der Waals surface area contributed by atoms with Crippen LogP contribution in [0.5, 0.6) is 0 Å². The number of amides is 2. The first-order valence-corrected chi connectivity index (χ1v) is 9.45. The maximum atomic E-state index is 12.4. The Hall–Kier alpha value is -3.15. The van der Waals surface area contributed by atoms with E-state index in [4.69, 9.17) is 0 Å². The molecule has 146 valence electrons. The molecule has 1 aliphatic heterocycles. The molecule has 0 saturated heterocycles. The van der Waals surface area contributed by atoms with Crippen molar-refractivity contribution in [1.82, 2.24) is 5.01 Å². The first-order valence-electron chi connectivity index (χ1n) is 9.45. The second-order valence-electron chi connectivity index (χ2n) is 7.12. The van der Waals surface area contributed by atoms with Crippen molar-refractivity contribution < 1.29 is 9.59 Å². The molecule has 0 aliphatic carbocycles. The van der Waals surface area contributed by atoms with Crippen molar-refractivity contribution in [2.75, 3.05) is 30.9 Å². The van der Waals surface area contributed by atoms with Crippen LogP contribution in [0.4, 0.5) is 11.4 Å². The predicted octanol–water partition coefficient (Wildman–Crippen LogP) is 3.42. The Kier molecular flexibility index (Phi) is 6.09. The summed E-state index contributed by atoms with van der Waals surface area (Å²) in [5.41, 5.74) is 4.78. The normalized spacial score (nSPS) is 13.2. The average Bonchev–Trinajstić information content (AvgIpc) is 3.18. The number of carbonyl (C=O) groups is 2. The molecule has 0 saturated carbocycles. The van der Waals surface area contributed by atoms with Gasteiger partial charge in [-0.15, -0.1) is 0 Å². The van der Waals surface area contributed by atoms with Gasteiger partial charge in [-0.05, 0) is 36.2 Å². The molecule has 1 N–H and O–H groups in total. The van der Waals surface area contributed by atoms with E-state index in [1.165, 1.54) is 5.01 Å². The van der Waals surface area contributed by atoms with Crippen LogP contribution in [0.1, 0.15) is 30.4 Å². The van der Waals surface area contributed by atoms with E-state index in [1.807, 2.05) is 74.4 Å². The van der Waals surface area contributed by atoms with Gasteiger partial charge in [0.1, 0.15) is 0 Å². The van der Waals surface area contributed by atoms with Crippen molar-refractivity contribution in [1.29, 1.82) is 0 Å². The Morgan fingerprint density at radius 1 is 1.11 bits per heavy atom. The van der Waals surface area contributed by atoms with E-state index in [2.05, 4.69) is 10.4 Å². The van der Waals surface area contributed by atoms with E-state index in [1.54, 1.807) is 0 Å². The Bertz CT molecular complexity index is 891. The Labute approximate surface area is 165 Å². The molecule has 1 aliphatic rings. The topological polar surface area (TPSA) is 65.0 Å². The zero-order valence-electron chi connectivity index (χ0n) is 16.6. The minimum Gasteiger partial charge on any atom is -0.378 e. The van der Waals surface area contributed by atoms with Crippen LogP contribution in [0, 0.1) is 6.92 Å². The largest absolute Gasteiger partial charge is 0.378 e. The molecule has 6 heteroatoms. The van der Waals surface area contributed by atoms with Gasteiger partial charge in [-0.1, -0.05) is 30.3 Å². The van der Waals surface area contributed by atoms with Gasteiger partial charge in [-0.3, -0.25) is 9.59 Å². The smallest absolute Gasteiger partial charge is 0.243 e. The van der Waals surface area contributed by atoms with Crippen LogP contribution in [0.3, 0.4) is 0 Å². The number of nitrogens with one attached hydrogen (secondary N) is 1. The maximum Gasteiger partial charge on any atom is 0.243 e. The maximum absolute atomic E-state index is 12.4. The average molecular weight is 378 g/mol. The van der Waals surface area contributed by atoms with Gasteiger partial charge in [0, 0.05) is 44.7 Å². The quantitative estimate of drug-likeness (QED) is 0.838. The third-order valence-corrected chi connectivity index (χ3v) is 4.76. The first-order chi connectivity index (χ1) is 13.4. The summed E-state index contributed by atoms with van der Waals surface area (Å²) in [6.07, 6.45) is 1.02. The zero-order valence-corrected chi connectivity index (χ0v) is 16.6. The number of nitrogens with zero attached hydrogens (tertiary/aromatic N) is 3. The van der Waals surface area contributed by atoms with Crippen LogP contribution in [0.2, 0.25) is 0 Å². The van der Waals surface area contributed by atoms with E-state index >= 15 is 0 Å². The first kappa shape index (κ1) is 19.6. The second-order valence-corrected chi connectivity index (χ2v) is 7.12. The summed E-state index contributed by atoms with van der Waals surface area (Å²) in [6.45, 7) is 2.52. The van der Waals surface area contributed by atoms with E-state index in [0.717, 1.165) is 34.6 Å².